The number of aryl methyl sites for hydroxylation is 1. The maximum Gasteiger partial charge on any atom is 0.305 e. The molecule has 0 aromatic heterocycles. The van der Waals surface area contributed by atoms with Crippen molar-refractivity contribution in [3.8, 4) is 11.1 Å². The van der Waals surface area contributed by atoms with Crippen molar-refractivity contribution in [2.45, 2.75) is 38.2 Å². The number of benzene rings is 2. The van der Waals surface area contributed by atoms with Gasteiger partial charge in [0, 0.05) is 6.42 Å². The average molecular weight is 324 g/mol. The molecule has 3 rings (SSSR count). The molecule has 2 aromatic carbocycles. The molecule has 1 atom stereocenters. The highest BCUT2D eigenvalue weighted by Crippen LogP contribution is 2.20. The van der Waals surface area contributed by atoms with Crippen LogP contribution in [0.15, 0.2) is 54.6 Å². The first-order chi connectivity index (χ1) is 11.8. The van der Waals surface area contributed by atoms with Gasteiger partial charge in [-0.3, -0.25) is 4.79 Å². The van der Waals surface area contributed by atoms with Crippen molar-refractivity contribution in [1.29, 1.82) is 0 Å². The number of esters is 1. The molecule has 1 saturated heterocycles. The number of rotatable bonds is 9. The Morgan fingerprint density at radius 2 is 1.67 bits per heavy atom. The second-order valence-electron chi connectivity index (χ2n) is 6.26. The summed E-state index contributed by atoms with van der Waals surface area (Å²) >= 11 is 0. The van der Waals surface area contributed by atoms with Crippen LogP contribution in [0, 0.1) is 0 Å². The lowest BCUT2D eigenvalue weighted by atomic mass is 10.0. The van der Waals surface area contributed by atoms with Gasteiger partial charge >= 0.3 is 5.97 Å². The van der Waals surface area contributed by atoms with Crippen LogP contribution in [-0.4, -0.2) is 25.3 Å². The normalized spacial score (nSPS) is 15.9. The molecule has 0 N–H and O–H groups in total. The summed E-state index contributed by atoms with van der Waals surface area (Å²) in [5.74, 6) is -0.0993. The van der Waals surface area contributed by atoms with E-state index in [4.69, 9.17) is 9.47 Å². The number of epoxide rings is 1. The molecule has 0 saturated carbocycles. The summed E-state index contributed by atoms with van der Waals surface area (Å²) in [6, 6.07) is 19.2. The minimum atomic E-state index is -0.0993. The standard InChI is InChI=1S/C21H24O3/c22-21(24-16-20-15-23-20)10-6-1-3-7-17-11-13-19(14-12-17)18-8-4-2-5-9-18/h2,4-5,8-9,11-14,20H,1,3,6-7,10,15-16H2. The van der Waals surface area contributed by atoms with E-state index in [1.165, 1.54) is 16.7 Å². The van der Waals surface area contributed by atoms with Gasteiger partial charge in [-0.1, -0.05) is 61.0 Å². The van der Waals surface area contributed by atoms with Crippen LogP contribution in [0.1, 0.15) is 31.2 Å². The molecule has 0 radical (unpaired) electrons. The average Bonchev–Trinajstić information content (AvgIpc) is 3.45. The number of carbonyl (C=O) groups is 1. The van der Waals surface area contributed by atoms with E-state index in [2.05, 4.69) is 48.5 Å². The van der Waals surface area contributed by atoms with E-state index < -0.39 is 0 Å². The van der Waals surface area contributed by atoms with E-state index >= 15 is 0 Å². The minimum absolute atomic E-state index is 0.0993. The van der Waals surface area contributed by atoms with Crippen molar-refractivity contribution in [2.24, 2.45) is 0 Å². The number of carbonyl (C=O) groups excluding carboxylic acids is 1. The number of unbranched alkanes of at least 4 members (excludes halogenated alkanes) is 2. The fourth-order valence-electron chi connectivity index (χ4n) is 2.69. The van der Waals surface area contributed by atoms with Gasteiger partial charge in [0.25, 0.3) is 0 Å². The fraction of sp³-hybridized carbons (Fsp3) is 0.381. The maximum atomic E-state index is 11.5. The van der Waals surface area contributed by atoms with Crippen molar-refractivity contribution in [2.75, 3.05) is 13.2 Å². The van der Waals surface area contributed by atoms with Crippen molar-refractivity contribution in [3.05, 3.63) is 60.2 Å². The third-order valence-corrected chi connectivity index (χ3v) is 4.24. The SMILES string of the molecule is O=C(CCCCCc1ccc(-c2ccccc2)cc1)OCC1CO1. The summed E-state index contributed by atoms with van der Waals surface area (Å²) in [6.07, 6.45) is 4.78. The Labute approximate surface area is 143 Å². The molecule has 24 heavy (non-hydrogen) atoms. The molecular weight excluding hydrogens is 300 g/mol. The second kappa shape index (κ2) is 8.65. The Balaban J connectivity index is 1.32. The molecule has 1 aliphatic heterocycles. The molecule has 1 heterocycles. The molecule has 3 nitrogen and oxygen atoms in total. The van der Waals surface area contributed by atoms with Gasteiger partial charge in [0.1, 0.15) is 12.7 Å². The topological polar surface area (TPSA) is 38.8 Å². The van der Waals surface area contributed by atoms with E-state index in [0.29, 0.717) is 13.0 Å². The van der Waals surface area contributed by atoms with Crippen molar-refractivity contribution in [1.82, 2.24) is 0 Å². The van der Waals surface area contributed by atoms with Gasteiger partial charge in [-0.2, -0.15) is 0 Å². The highest BCUT2D eigenvalue weighted by molar-refractivity contribution is 5.69. The summed E-state index contributed by atoms with van der Waals surface area (Å²) in [5, 5.41) is 0. The van der Waals surface area contributed by atoms with Gasteiger partial charge in [0.15, 0.2) is 0 Å². The van der Waals surface area contributed by atoms with Crippen LogP contribution in [-0.2, 0) is 20.7 Å². The molecule has 1 fully saturated rings. The Morgan fingerprint density at radius 1 is 0.958 bits per heavy atom. The molecule has 1 aliphatic rings. The summed E-state index contributed by atoms with van der Waals surface area (Å²) in [6.45, 7) is 1.16. The largest absolute Gasteiger partial charge is 0.463 e. The predicted molar refractivity (Wildman–Crippen MR) is 94.7 cm³/mol. The zero-order chi connectivity index (χ0) is 16.6. The van der Waals surface area contributed by atoms with Crippen LogP contribution < -0.4 is 0 Å². The summed E-state index contributed by atoms with van der Waals surface area (Å²) < 4.78 is 10.1. The molecule has 3 heteroatoms. The van der Waals surface area contributed by atoms with Crippen LogP contribution in [0.2, 0.25) is 0 Å². The molecule has 0 aliphatic carbocycles. The van der Waals surface area contributed by atoms with E-state index in [1.54, 1.807) is 0 Å². The third-order valence-electron chi connectivity index (χ3n) is 4.24. The first kappa shape index (κ1) is 16.7. The van der Waals surface area contributed by atoms with Crippen molar-refractivity contribution in [3.63, 3.8) is 0 Å². The lowest BCUT2D eigenvalue weighted by molar-refractivity contribution is -0.144. The van der Waals surface area contributed by atoms with Crippen LogP contribution in [0.5, 0.6) is 0 Å². The van der Waals surface area contributed by atoms with Gasteiger partial charge in [0.05, 0.1) is 6.61 Å². The molecule has 2 aromatic rings. The van der Waals surface area contributed by atoms with E-state index in [0.717, 1.165) is 32.3 Å². The second-order valence-corrected chi connectivity index (χ2v) is 6.26. The van der Waals surface area contributed by atoms with E-state index in [1.807, 2.05) is 6.07 Å². The van der Waals surface area contributed by atoms with E-state index in [-0.39, 0.29) is 12.1 Å². The first-order valence-electron chi connectivity index (χ1n) is 8.73. The first-order valence-corrected chi connectivity index (χ1v) is 8.73. The molecule has 0 spiro atoms. The maximum absolute atomic E-state index is 11.5. The molecule has 0 amide bonds. The minimum Gasteiger partial charge on any atom is -0.463 e. The monoisotopic (exact) mass is 324 g/mol. The molecule has 0 bridgehead atoms. The third kappa shape index (κ3) is 5.50. The molecular formula is C21H24O3. The lowest BCUT2D eigenvalue weighted by Gasteiger charge is -2.05. The van der Waals surface area contributed by atoms with Crippen LogP contribution in [0.4, 0.5) is 0 Å². The summed E-state index contributed by atoms with van der Waals surface area (Å²) in [4.78, 5) is 11.5. The van der Waals surface area contributed by atoms with E-state index in [9.17, 15) is 4.79 Å². The van der Waals surface area contributed by atoms with Gasteiger partial charge in [-0.15, -0.1) is 0 Å². The number of hydrogen-bond donors (Lipinski definition) is 0. The smallest absolute Gasteiger partial charge is 0.305 e. The zero-order valence-electron chi connectivity index (χ0n) is 13.9. The fourth-order valence-corrected chi connectivity index (χ4v) is 2.69. The van der Waals surface area contributed by atoms with Gasteiger partial charge in [-0.05, 0) is 36.0 Å². The number of hydrogen-bond acceptors (Lipinski definition) is 3. The summed E-state index contributed by atoms with van der Waals surface area (Å²) in [7, 11) is 0. The Morgan fingerprint density at radius 3 is 2.38 bits per heavy atom. The van der Waals surface area contributed by atoms with Crippen LogP contribution in [0.3, 0.4) is 0 Å². The quantitative estimate of drug-likeness (QED) is 0.390. The highest BCUT2D eigenvalue weighted by atomic mass is 16.6. The molecule has 126 valence electrons. The van der Waals surface area contributed by atoms with Gasteiger partial charge in [-0.25, -0.2) is 0 Å². The van der Waals surface area contributed by atoms with Crippen LogP contribution in [0.25, 0.3) is 11.1 Å². The van der Waals surface area contributed by atoms with Crippen molar-refractivity contribution < 1.29 is 14.3 Å². The predicted octanol–water partition coefficient (Wildman–Crippen LogP) is 4.40. The van der Waals surface area contributed by atoms with Crippen LogP contribution >= 0.6 is 0 Å². The summed E-state index contributed by atoms with van der Waals surface area (Å²) in [5.41, 5.74) is 3.85. The van der Waals surface area contributed by atoms with Crippen molar-refractivity contribution >= 4 is 5.97 Å². The lowest BCUT2D eigenvalue weighted by Crippen LogP contribution is -2.09. The Hall–Kier alpha value is -2.13. The highest BCUT2D eigenvalue weighted by Gasteiger charge is 2.23. The number of ether oxygens (including phenoxy) is 2. The van der Waals surface area contributed by atoms with Gasteiger partial charge < -0.3 is 9.47 Å². The Kier molecular flexibility index (Phi) is 6.02. The molecule has 1 unspecified atom stereocenters. The zero-order valence-corrected chi connectivity index (χ0v) is 13.9. The Bertz CT molecular complexity index is 630. The van der Waals surface area contributed by atoms with Gasteiger partial charge in [0.2, 0.25) is 0 Å².